The van der Waals surface area contributed by atoms with E-state index in [1.165, 1.54) is 0 Å². The molecule has 2 aromatic rings. The van der Waals surface area contributed by atoms with E-state index in [0.717, 1.165) is 6.42 Å². The molecule has 5 nitrogen and oxygen atoms in total. The lowest BCUT2D eigenvalue weighted by atomic mass is 10.2. The summed E-state index contributed by atoms with van der Waals surface area (Å²) in [5, 5.41) is 0. The smallest absolute Gasteiger partial charge is 0.343 e. The van der Waals surface area contributed by atoms with Gasteiger partial charge in [0.2, 0.25) is 0 Å². The summed E-state index contributed by atoms with van der Waals surface area (Å²) in [5.41, 5.74) is 0.858. The molecule has 0 radical (unpaired) electrons. The topological polar surface area (TPSA) is 61.8 Å². The van der Waals surface area contributed by atoms with Gasteiger partial charge in [0.1, 0.15) is 12.0 Å². The van der Waals surface area contributed by atoms with E-state index < -0.39 is 5.97 Å². The standard InChI is InChI=1S/C19H20O5/c1-3-11-23-16-8-6-15(7-9-16)19(21)24-17-10-5-14(13-20)12-18(17)22-4-2/h5-10,12-13H,3-4,11H2,1-2H3. The number of hydrogen-bond acceptors (Lipinski definition) is 5. The van der Waals surface area contributed by atoms with Crippen LogP contribution in [0.25, 0.3) is 0 Å². The quantitative estimate of drug-likeness (QED) is 0.418. The minimum absolute atomic E-state index is 0.277. The molecule has 0 bridgehead atoms. The number of esters is 1. The Morgan fingerprint density at radius 2 is 1.75 bits per heavy atom. The van der Waals surface area contributed by atoms with Crippen molar-refractivity contribution in [2.45, 2.75) is 20.3 Å². The van der Waals surface area contributed by atoms with Crippen molar-refractivity contribution in [2.75, 3.05) is 13.2 Å². The molecule has 0 atom stereocenters. The van der Waals surface area contributed by atoms with Gasteiger partial charge in [0.25, 0.3) is 0 Å². The first-order valence-electron chi connectivity index (χ1n) is 7.85. The van der Waals surface area contributed by atoms with Crippen LogP contribution in [-0.2, 0) is 0 Å². The molecule has 0 heterocycles. The van der Waals surface area contributed by atoms with Crippen LogP contribution in [0.4, 0.5) is 0 Å². The molecular weight excluding hydrogens is 308 g/mol. The van der Waals surface area contributed by atoms with E-state index in [9.17, 15) is 9.59 Å². The van der Waals surface area contributed by atoms with Crippen LogP contribution in [0.1, 0.15) is 41.0 Å². The zero-order valence-electron chi connectivity index (χ0n) is 13.8. The van der Waals surface area contributed by atoms with Gasteiger partial charge in [0.15, 0.2) is 11.5 Å². The third kappa shape index (κ3) is 4.59. The Hall–Kier alpha value is -2.82. The van der Waals surface area contributed by atoms with Crippen molar-refractivity contribution < 1.29 is 23.8 Å². The summed E-state index contributed by atoms with van der Waals surface area (Å²) in [5.74, 6) is 0.840. The Kier molecular flexibility index (Phi) is 6.37. The molecule has 24 heavy (non-hydrogen) atoms. The number of hydrogen-bond donors (Lipinski definition) is 0. The fraction of sp³-hybridized carbons (Fsp3) is 0.263. The van der Waals surface area contributed by atoms with Gasteiger partial charge in [-0.2, -0.15) is 0 Å². The molecule has 0 saturated carbocycles. The predicted octanol–water partition coefficient (Wildman–Crippen LogP) is 3.91. The van der Waals surface area contributed by atoms with Crippen LogP contribution in [0.5, 0.6) is 17.2 Å². The number of ether oxygens (including phenoxy) is 3. The maximum atomic E-state index is 12.3. The molecule has 0 N–H and O–H groups in total. The van der Waals surface area contributed by atoms with Crippen LogP contribution in [0, 0.1) is 0 Å². The lowest BCUT2D eigenvalue weighted by Crippen LogP contribution is -2.10. The molecule has 0 amide bonds. The minimum Gasteiger partial charge on any atom is -0.494 e. The summed E-state index contributed by atoms with van der Waals surface area (Å²) in [7, 11) is 0. The van der Waals surface area contributed by atoms with E-state index in [1.54, 1.807) is 42.5 Å². The van der Waals surface area contributed by atoms with Gasteiger partial charge in [-0.1, -0.05) is 6.92 Å². The normalized spacial score (nSPS) is 10.1. The van der Waals surface area contributed by atoms with Crippen LogP contribution in [0.2, 0.25) is 0 Å². The van der Waals surface area contributed by atoms with Crippen molar-refractivity contribution >= 4 is 12.3 Å². The van der Waals surface area contributed by atoms with Gasteiger partial charge in [-0.15, -0.1) is 0 Å². The maximum Gasteiger partial charge on any atom is 0.343 e. The summed E-state index contributed by atoms with van der Waals surface area (Å²) in [4.78, 5) is 23.1. The van der Waals surface area contributed by atoms with Gasteiger partial charge >= 0.3 is 5.97 Å². The largest absolute Gasteiger partial charge is 0.494 e. The van der Waals surface area contributed by atoms with Gasteiger partial charge in [0.05, 0.1) is 18.8 Å². The van der Waals surface area contributed by atoms with E-state index >= 15 is 0 Å². The second-order valence-electron chi connectivity index (χ2n) is 5.02. The number of aldehydes is 1. The molecule has 0 aromatic heterocycles. The van der Waals surface area contributed by atoms with Gasteiger partial charge < -0.3 is 14.2 Å². The lowest BCUT2D eigenvalue weighted by Gasteiger charge is -2.11. The number of carbonyl (C=O) groups excluding carboxylic acids is 2. The Morgan fingerprint density at radius 1 is 1.00 bits per heavy atom. The molecule has 5 heteroatoms. The fourth-order valence-electron chi connectivity index (χ4n) is 2.02. The Balaban J connectivity index is 2.12. The lowest BCUT2D eigenvalue weighted by molar-refractivity contribution is 0.0728. The molecule has 0 unspecified atom stereocenters. The number of carbonyl (C=O) groups is 2. The predicted molar refractivity (Wildman–Crippen MR) is 90.2 cm³/mol. The summed E-state index contributed by atoms with van der Waals surface area (Å²) in [6.45, 7) is 4.87. The van der Waals surface area contributed by atoms with Crippen LogP contribution in [0.3, 0.4) is 0 Å². The van der Waals surface area contributed by atoms with Gasteiger partial charge in [-0.3, -0.25) is 4.79 Å². The average molecular weight is 328 g/mol. The number of benzene rings is 2. The van der Waals surface area contributed by atoms with Gasteiger partial charge in [0, 0.05) is 5.56 Å². The van der Waals surface area contributed by atoms with Crippen molar-refractivity contribution in [1.29, 1.82) is 0 Å². The second-order valence-corrected chi connectivity index (χ2v) is 5.02. The highest BCUT2D eigenvalue weighted by atomic mass is 16.6. The molecule has 0 spiro atoms. The SMILES string of the molecule is CCCOc1ccc(C(=O)Oc2ccc(C=O)cc2OCC)cc1. The average Bonchev–Trinajstić information content (AvgIpc) is 2.62. The Bertz CT molecular complexity index is 691. The van der Waals surface area contributed by atoms with Crippen LogP contribution < -0.4 is 14.2 Å². The summed E-state index contributed by atoms with van der Waals surface area (Å²) < 4.78 is 16.3. The van der Waals surface area contributed by atoms with Crippen LogP contribution in [0.15, 0.2) is 42.5 Å². The molecular formula is C19H20O5. The first-order chi connectivity index (χ1) is 11.7. The van der Waals surface area contributed by atoms with E-state index in [1.807, 2.05) is 13.8 Å². The first-order valence-corrected chi connectivity index (χ1v) is 7.85. The molecule has 0 fully saturated rings. The highest BCUT2D eigenvalue weighted by Gasteiger charge is 2.13. The summed E-state index contributed by atoms with van der Waals surface area (Å²) in [6.07, 6.45) is 1.63. The molecule has 0 aliphatic rings. The van der Waals surface area contributed by atoms with Gasteiger partial charge in [-0.25, -0.2) is 4.79 Å². The molecule has 0 saturated heterocycles. The Labute approximate surface area is 141 Å². The molecule has 0 aliphatic heterocycles. The fourth-order valence-corrected chi connectivity index (χ4v) is 2.02. The summed E-state index contributed by atoms with van der Waals surface area (Å²) in [6, 6.07) is 11.4. The molecule has 126 valence electrons. The third-order valence-electron chi connectivity index (χ3n) is 3.17. The summed E-state index contributed by atoms with van der Waals surface area (Å²) >= 11 is 0. The molecule has 0 aliphatic carbocycles. The number of rotatable bonds is 8. The van der Waals surface area contributed by atoms with Crippen molar-refractivity contribution in [1.82, 2.24) is 0 Å². The van der Waals surface area contributed by atoms with Crippen LogP contribution >= 0.6 is 0 Å². The highest BCUT2D eigenvalue weighted by Crippen LogP contribution is 2.29. The van der Waals surface area contributed by atoms with Crippen LogP contribution in [-0.4, -0.2) is 25.5 Å². The zero-order valence-corrected chi connectivity index (χ0v) is 13.8. The van der Waals surface area contributed by atoms with E-state index in [2.05, 4.69) is 0 Å². The van der Waals surface area contributed by atoms with Crippen molar-refractivity contribution in [3.05, 3.63) is 53.6 Å². The highest BCUT2D eigenvalue weighted by molar-refractivity contribution is 5.91. The first kappa shape index (κ1) is 17.5. The van der Waals surface area contributed by atoms with Crippen molar-refractivity contribution in [3.63, 3.8) is 0 Å². The van der Waals surface area contributed by atoms with E-state index in [4.69, 9.17) is 14.2 Å². The maximum absolute atomic E-state index is 12.3. The Morgan fingerprint density at radius 3 is 2.38 bits per heavy atom. The third-order valence-corrected chi connectivity index (χ3v) is 3.17. The molecule has 2 aromatic carbocycles. The molecule has 2 rings (SSSR count). The zero-order chi connectivity index (χ0) is 17.4. The van der Waals surface area contributed by atoms with Crippen molar-refractivity contribution in [2.24, 2.45) is 0 Å². The van der Waals surface area contributed by atoms with Crippen molar-refractivity contribution in [3.8, 4) is 17.2 Å². The minimum atomic E-state index is -0.503. The second kappa shape index (κ2) is 8.72. The van der Waals surface area contributed by atoms with Gasteiger partial charge in [-0.05, 0) is 55.8 Å². The van der Waals surface area contributed by atoms with E-state index in [0.29, 0.717) is 42.1 Å². The van der Waals surface area contributed by atoms with E-state index in [-0.39, 0.29) is 5.75 Å². The monoisotopic (exact) mass is 328 g/mol.